The summed E-state index contributed by atoms with van der Waals surface area (Å²) >= 11 is 0. The smallest absolute Gasteiger partial charge is 0.292 e. The van der Waals surface area contributed by atoms with Gasteiger partial charge in [-0.2, -0.15) is 4.68 Å². The molecule has 0 atom stereocenters. The summed E-state index contributed by atoms with van der Waals surface area (Å²) in [6.45, 7) is 4.41. The second-order valence-corrected chi connectivity index (χ2v) is 6.22. The molecule has 1 saturated carbocycles. The third kappa shape index (κ3) is 3.06. The fourth-order valence-electron chi connectivity index (χ4n) is 3.36. The standard InChI is InChI=1S/C18H23N3O/c1-14-7-5-8-15(2)18(14)19-17(22)13-20-11-6-12-21(20)16-9-3-4-10-16/h5-8,11-12,16H,3-4,9-10,13H2,1-2H3/p+1. The Morgan fingerprint density at radius 1 is 1.23 bits per heavy atom. The van der Waals surface area contributed by atoms with Gasteiger partial charge >= 0.3 is 0 Å². The van der Waals surface area contributed by atoms with Crippen molar-refractivity contribution in [2.24, 2.45) is 0 Å². The number of benzene rings is 1. The molecular weight excluding hydrogens is 274 g/mol. The lowest BCUT2D eigenvalue weighted by atomic mass is 10.1. The minimum atomic E-state index is 0.0281. The third-order valence-electron chi connectivity index (χ3n) is 4.54. The first-order valence-electron chi connectivity index (χ1n) is 8.08. The molecule has 0 saturated heterocycles. The van der Waals surface area contributed by atoms with Crippen LogP contribution < -0.4 is 10.00 Å². The van der Waals surface area contributed by atoms with Crippen molar-refractivity contribution in [2.45, 2.75) is 52.1 Å². The first kappa shape index (κ1) is 14.8. The van der Waals surface area contributed by atoms with E-state index in [1.165, 1.54) is 25.7 Å². The number of aromatic nitrogens is 2. The molecule has 1 aromatic heterocycles. The first-order chi connectivity index (χ1) is 10.6. The van der Waals surface area contributed by atoms with E-state index in [1.807, 2.05) is 49.0 Å². The molecule has 4 heteroatoms. The van der Waals surface area contributed by atoms with Gasteiger partial charge in [-0.25, -0.2) is 0 Å². The van der Waals surface area contributed by atoms with Gasteiger partial charge in [-0.05, 0) is 37.8 Å². The monoisotopic (exact) mass is 298 g/mol. The lowest BCUT2D eigenvalue weighted by Gasteiger charge is -2.12. The van der Waals surface area contributed by atoms with Gasteiger partial charge in [-0.15, -0.1) is 4.68 Å². The summed E-state index contributed by atoms with van der Waals surface area (Å²) in [4.78, 5) is 12.4. The highest BCUT2D eigenvalue weighted by Crippen LogP contribution is 2.28. The van der Waals surface area contributed by atoms with E-state index in [1.54, 1.807) is 0 Å². The molecule has 1 N–H and O–H groups in total. The number of nitrogens with one attached hydrogen (secondary N) is 1. The summed E-state index contributed by atoms with van der Waals surface area (Å²) in [6, 6.07) is 8.63. The molecule has 1 aromatic carbocycles. The zero-order valence-electron chi connectivity index (χ0n) is 13.4. The molecule has 0 radical (unpaired) electrons. The van der Waals surface area contributed by atoms with Crippen molar-refractivity contribution >= 4 is 11.6 Å². The molecule has 116 valence electrons. The number of nitrogens with zero attached hydrogens (tertiary/aromatic N) is 2. The Morgan fingerprint density at radius 2 is 1.91 bits per heavy atom. The molecule has 4 nitrogen and oxygen atoms in total. The fraction of sp³-hybridized carbons (Fsp3) is 0.444. The number of para-hydroxylation sites is 1. The van der Waals surface area contributed by atoms with Crippen molar-refractivity contribution in [1.82, 2.24) is 4.68 Å². The molecule has 22 heavy (non-hydrogen) atoms. The molecule has 1 aliphatic rings. The maximum Gasteiger partial charge on any atom is 0.292 e. The maximum absolute atomic E-state index is 12.4. The van der Waals surface area contributed by atoms with Gasteiger partial charge in [0.25, 0.3) is 5.91 Å². The Morgan fingerprint density at radius 3 is 2.59 bits per heavy atom. The van der Waals surface area contributed by atoms with Crippen LogP contribution in [0.15, 0.2) is 36.7 Å². The van der Waals surface area contributed by atoms with Crippen LogP contribution in [-0.2, 0) is 11.3 Å². The van der Waals surface area contributed by atoms with E-state index in [4.69, 9.17) is 0 Å². The normalized spacial score (nSPS) is 15.2. The number of hydrogen-bond acceptors (Lipinski definition) is 1. The summed E-state index contributed by atoms with van der Waals surface area (Å²) in [5.41, 5.74) is 3.14. The second-order valence-electron chi connectivity index (χ2n) is 6.22. The lowest BCUT2D eigenvalue weighted by Crippen LogP contribution is -2.48. The average Bonchev–Trinajstić information content (AvgIpc) is 3.13. The molecule has 1 fully saturated rings. The Bertz CT molecular complexity index is 648. The van der Waals surface area contributed by atoms with Crippen molar-refractivity contribution in [2.75, 3.05) is 5.32 Å². The van der Waals surface area contributed by atoms with Crippen molar-refractivity contribution in [3.05, 3.63) is 47.8 Å². The average molecular weight is 298 g/mol. The van der Waals surface area contributed by atoms with Crippen LogP contribution in [0.3, 0.4) is 0 Å². The molecule has 0 spiro atoms. The molecule has 1 amide bonds. The maximum atomic E-state index is 12.4. The quantitative estimate of drug-likeness (QED) is 0.865. The van der Waals surface area contributed by atoms with Crippen molar-refractivity contribution < 1.29 is 9.48 Å². The Hall–Kier alpha value is -2.10. The van der Waals surface area contributed by atoms with Crippen LogP contribution in [0, 0.1) is 13.8 Å². The summed E-state index contributed by atoms with van der Waals surface area (Å²) in [7, 11) is 0. The van der Waals surface area contributed by atoms with E-state index in [0.29, 0.717) is 12.6 Å². The SMILES string of the molecule is Cc1cccc(C)c1NC(=O)C[n+]1cccn1C1CCCC1. The highest BCUT2D eigenvalue weighted by molar-refractivity contribution is 5.91. The number of carbonyl (C=O) groups is 1. The zero-order chi connectivity index (χ0) is 15.5. The topological polar surface area (TPSA) is 37.9 Å². The molecule has 0 aliphatic heterocycles. The first-order valence-corrected chi connectivity index (χ1v) is 8.08. The number of hydrogen-bond donors (Lipinski definition) is 1. The number of amides is 1. The largest absolute Gasteiger partial charge is 0.320 e. The van der Waals surface area contributed by atoms with Crippen LogP contribution in [0.2, 0.25) is 0 Å². The summed E-state index contributed by atoms with van der Waals surface area (Å²) in [6.07, 6.45) is 9.08. The van der Waals surface area contributed by atoms with Crippen LogP contribution in [0.25, 0.3) is 0 Å². The van der Waals surface area contributed by atoms with Gasteiger partial charge in [0, 0.05) is 11.8 Å². The molecule has 1 aliphatic carbocycles. The third-order valence-corrected chi connectivity index (χ3v) is 4.54. The van der Waals surface area contributed by atoms with Gasteiger partial charge < -0.3 is 5.32 Å². The van der Waals surface area contributed by atoms with Crippen LogP contribution in [-0.4, -0.2) is 10.6 Å². The summed E-state index contributed by atoms with van der Waals surface area (Å²) < 4.78 is 4.25. The number of aryl methyl sites for hydroxylation is 2. The predicted octanol–water partition coefficient (Wildman–Crippen LogP) is 3.15. The van der Waals surface area contributed by atoms with Gasteiger partial charge in [0.15, 0.2) is 6.20 Å². The van der Waals surface area contributed by atoms with Gasteiger partial charge in [0.2, 0.25) is 6.54 Å². The van der Waals surface area contributed by atoms with Crippen LogP contribution in [0.4, 0.5) is 5.69 Å². The highest BCUT2D eigenvalue weighted by atomic mass is 16.2. The van der Waals surface area contributed by atoms with E-state index >= 15 is 0 Å². The minimum absolute atomic E-state index is 0.0281. The van der Waals surface area contributed by atoms with Gasteiger partial charge in [-0.1, -0.05) is 31.0 Å². The predicted molar refractivity (Wildman–Crippen MR) is 86.7 cm³/mol. The highest BCUT2D eigenvalue weighted by Gasteiger charge is 2.24. The second kappa shape index (κ2) is 6.34. The molecular formula is C18H24N3O+. The van der Waals surface area contributed by atoms with Crippen molar-refractivity contribution in [3.63, 3.8) is 0 Å². The van der Waals surface area contributed by atoms with Crippen LogP contribution in [0.1, 0.15) is 42.9 Å². The van der Waals surface area contributed by atoms with Gasteiger partial charge in [0.1, 0.15) is 0 Å². The zero-order valence-corrected chi connectivity index (χ0v) is 13.4. The Kier molecular flexibility index (Phi) is 4.27. The van der Waals surface area contributed by atoms with E-state index in [9.17, 15) is 4.79 Å². The Labute approximate surface area is 131 Å². The number of carbonyl (C=O) groups excluding carboxylic acids is 1. The molecule has 3 rings (SSSR count). The Balaban J connectivity index is 1.71. The summed E-state index contributed by atoms with van der Waals surface area (Å²) in [5.74, 6) is 0.0281. The summed E-state index contributed by atoms with van der Waals surface area (Å²) in [5, 5.41) is 3.06. The number of anilines is 1. The number of rotatable bonds is 4. The molecule has 0 bridgehead atoms. The van der Waals surface area contributed by atoms with Gasteiger partial charge in [0.05, 0.1) is 12.2 Å². The molecule has 2 aromatic rings. The lowest BCUT2D eigenvalue weighted by molar-refractivity contribution is -0.766. The van der Waals surface area contributed by atoms with Crippen LogP contribution >= 0.6 is 0 Å². The van der Waals surface area contributed by atoms with E-state index < -0.39 is 0 Å². The molecule has 0 unspecified atom stereocenters. The van der Waals surface area contributed by atoms with E-state index in [0.717, 1.165) is 16.8 Å². The van der Waals surface area contributed by atoms with Crippen LogP contribution in [0.5, 0.6) is 0 Å². The molecule has 1 heterocycles. The minimum Gasteiger partial charge on any atom is -0.320 e. The fourth-order valence-corrected chi connectivity index (χ4v) is 3.36. The van der Waals surface area contributed by atoms with E-state index in [2.05, 4.69) is 16.2 Å². The van der Waals surface area contributed by atoms with Crippen molar-refractivity contribution in [3.8, 4) is 0 Å². The van der Waals surface area contributed by atoms with E-state index in [-0.39, 0.29) is 5.91 Å². The van der Waals surface area contributed by atoms with Crippen molar-refractivity contribution in [1.29, 1.82) is 0 Å². The van der Waals surface area contributed by atoms with Gasteiger partial charge in [-0.3, -0.25) is 4.79 Å².